The van der Waals surface area contributed by atoms with Crippen molar-refractivity contribution in [2.75, 3.05) is 32.9 Å². The van der Waals surface area contributed by atoms with Crippen molar-refractivity contribution in [3.63, 3.8) is 0 Å². The standard InChI is InChI=1S/C34H56FNO5.H2/c1-30(2)26-9-7-21-23-18-25-22(6-8-24(40-25)29(37)31(3,4)38)32(23,5)12-13-33(21)20-34(26,33)11-10-27(30)41-28-19-36(15-14-35)16-17-39-28;/h21-29,37-38H,6-20H2,1-5H3;1H/t21?,22?,23?,24?,25?,26?,27-,28?,29-,32?,33-,34+;/m0./s1. The first-order valence-electron chi connectivity index (χ1n) is 17.0. The van der Waals surface area contributed by atoms with E-state index in [0.29, 0.717) is 53.7 Å². The van der Waals surface area contributed by atoms with Crippen molar-refractivity contribution in [2.24, 2.45) is 45.3 Å². The number of ether oxygens (including phenoxy) is 3. The van der Waals surface area contributed by atoms with E-state index in [1.54, 1.807) is 13.8 Å². The lowest BCUT2D eigenvalue weighted by Crippen LogP contribution is -2.56. The maximum absolute atomic E-state index is 13.0. The fraction of sp³-hybridized carbons (Fsp3) is 1.00. The maximum Gasteiger partial charge on any atom is 0.170 e. The van der Waals surface area contributed by atoms with E-state index in [2.05, 4.69) is 25.7 Å². The molecule has 12 atom stereocenters. The van der Waals surface area contributed by atoms with Crippen molar-refractivity contribution in [3.05, 3.63) is 0 Å². The zero-order chi connectivity index (χ0) is 29.0. The van der Waals surface area contributed by atoms with Gasteiger partial charge in [0, 0.05) is 21.1 Å². The van der Waals surface area contributed by atoms with Crippen LogP contribution in [-0.4, -0.2) is 84.3 Å². The Bertz CT molecular complexity index is 1010. The van der Waals surface area contributed by atoms with Crippen molar-refractivity contribution in [1.29, 1.82) is 0 Å². The normalized spacial score (nSPS) is 51.5. The molecular formula is C34H58FNO5. The average molecular weight is 580 g/mol. The number of fused-ring (bicyclic) bond motifs is 4. The van der Waals surface area contributed by atoms with E-state index >= 15 is 0 Å². The van der Waals surface area contributed by atoms with E-state index < -0.39 is 11.7 Å². The predicted octanol–water partition coefficient (Wildman–Crippen LogP) is 5.58. The minimum absolute atomic E-state index is 0. The lowest BCUT2D eigenvalue weighted by atomic mass is 9.46. The molecule has 2 aliphatic heterocycles. The third-order valence-corrected chi connectivity index (χ3v) is 14.5. The first kappa shape index (κ1) is 29.4. The van der Waals surface area contributed by atoms with Gasteiger partial charge in [-0.2, -0.15) is 0 Å². The van der Waals surface area contributed by atoms with Gasteiger partial charge in [0.25, 0.3) is 0 Å². The highest BCUT2D eigenvalue weighted by Crippen LogP contribution is 2.87. The zero-order valence-corrected chi connectivity index (χ0v) is 26.2. The third kappa shape index (κ3) is 4.29. The zero-order valence-electron chi connectivity index (χ0n) is 26.2. The molecule has 0 amide bonds. The van der Waals surface area contributed by atoms with Gasteiger partial charge in [-0.3, -0.25) is 4.90 Å². The van der Waals surface area contributed by atoms with E-state index in [9.17, 15) is 14.6 Å². The molecule has 6 nitrogen and oxygen atoms in total. The molecule has 0 bridgehead atoms. The second kappa shape index (κ2) is 9.84. The van der Waals surface area contributed by atoms with Gasteiger partial charge >= 0.3 is 0 Å². The van der Waals surface area contributed by atoms with Crippen LogP contribution >= 0.6 is 0 Å². The summed E-state index contributed by atoms with van der Waals surface area (Å²) in [6.45, 7) is 13.2. The molecule has 7 fully saturated rings. The Kier molecular flexibility index (Phi) is 7.06. The fourth-order valence-electron chi connectivity index (χ4n) is 12.4. The number of aliphatic hydroxyl groups excluding tert-OH is 1. The lowest BCUT2D eigenvalue weighted by Gasteiger charge is -2.60. The Morgan fingerprint density at radius 1 is 1.02 bits per heavy atom. The minimum atomic E-state index is -1.14. The molecule has 2 N–H and O–H groups in total. The fourth-order valence-corrected chi connectivity index (χ4v) is 12.4. The second-order valence-corrected chi connectivity index (χ2v) is 16.8. The number of halogens is 1. The monoisotopic (exact) mass is 579 g/mol. The Morgan fingerprint density at radius 3 is 2.56 bits per heavy atom. The molecule has 7 rings (SSSR count). The predicted molar refractivity (Wildman–Crippen MR) is 157 cm³/mol. The summed E-state index contributed by atoms with van der Waals surface area (Å²) in [5.74, 6) is 2.76. The van der Waals surface area contributed by atoms with Crippen LogP contribution in [0.3, 0.4) is 0 Å². The summed E-state index contributed by atoms with van der Waals surface area (Å²) in [6.07, 6.45) is 11.2. The van der Waals surface area contributed by atoms with Crippen LogP contribution in [0.25, 0.3) is 0 Å². The van der Waals surface area contributed by atoms with Gasteiger partial charge in [0.05, 0.1) is 30.5 Å². The summed E-state index contributed by atoms with van der Waals surface area (Å²) in [5, 5.41) is 21.3. The van der Waals surface area contributed by atoms with Crippen molar-refractivity contribution in [2.45, 2.75) is 135 Å². The van der Waals surface area contributed by atoms with Crippen molar-refractivity contribution in [3.8, 4) is 0 Å². The minimum Gasteiger partial charge on any atom is -0.388 e. The Morgan fingerprint density at radius 2 is 1.80 bits per heavy atom. The van der Waals surface area contributed by atoms with Gasteiger partial charge in [0.2, 0.25) is 0 Å². The molecule has 7 heteroatoms. The highest BCUT2D eigenvalue weighted by Gasteiger charge is 2.80. The highest BCUT2D eigenvalue weighted by molar-refractivity contribution is 5.29. The average Bonchev–Trinajstić information content (AvgIpc) is 3.49. The molecule has 2 spiro atoms. The van der Waals surface area contributed by atoms with Crippen LogP contribution in [0, 0.1) is 45.3 Å². The van der Waals surface area contributed by atoms with Crippen LogP contribution < -0.4 is 0 Å². The number of aliphatic hydroxyl groups is 2. The molecule has 236 valence electrons. The largest absolute Gasteiger partial charge is 0.388 e. The number of rotatable bonds is 6. The van der Waals surface area contributed by atoms with E-state index in [1.807, 2.05) is 0 Å². The van der Waals surface area contributed by atoms with Crippen LogP contribution in [0.4, 0.5) is 4.39 Å². The molecule has 41 heavy (non-hydrogen) atoms. The Hall–Kier alpha value is -0.310. The lowest BCUT2D eigenvalue weighted by molar-refractivity contribution is -0.245. The highest BCUT2D eigenvalue weighted by atomic mass is 19.1. The molecule has 0 aromatic carbocycles. The molecule has 0 radical (unpaired) electrons. The van der Waals surface area contributed by atoms with Crippen molar-refractivity contribution < 1.29 is 30.2 Å². The van der Waals surface area contributed by atoms with E-state index in [4.69, 9.17) is 14.2 Å². The Balaban J connectivity index is 0.00000316. The molecule has 5 aliphatic carbocycles. The number of hydrogen-bond acceptors (Lipinski definition) is 6. The smallest absolute Gasteiger partial charge is 0.170 e. The summed E-state index contributed by atoms with van der Waals surface area (Å²) in [6, 6.07) is 0. The van der Waals surface area contributed by atoms with Crippen LogP contribution in [-0.2, 0) is 14.2 Å². The third-order valence-electron chi connectivity index (χ3n) is 14.5. The van der Waals surface area contributed by atoms with Crippen LogP contribution in [0.5, 0.6) is 0 Å². The summed E-state index contributed by atoms with van der Waals surface area (Å²) in [7, 11) is 0. The van der Waals surface area contributed by atoms with Gasteiger partial charge in [-0.1, -0.05) is 20.8 Å². The maximum atomic E-state index is 13.0. The van der Waals surface area contributed by atoms with Gasteiger partial charge in [-0.25, -0.2) is 4.39 Å². The molecule has 0 aromatic rings. The number of morpholine rings is 1. The Labute approximate surface area is 248 Å². The topological polar surface area (TPSA) is 71.4 Å². The molecule has 7 aliphatic rings. The van der Waals surface area contributed by atoms with Crippen LogP contribution in [0.15, 0.2) is 0 Å². The quantitative estimate of drug-likeness (QED) is 0.428. The molecule has 2 heterocycles. The first-order chi connectivity index (χ1) is 19.4. The number of alkyl halides is 1. The summed E-state index contributed by atoms with van der Waals surface area (Å²) >= 11 is 0. The van der Waals surface area contributed by atoms with E-state index in [1.165, 1.54) is 38.5 Å². The van der Waals surface area contributed by atoms with Crippen molar-refractivity contribution >= 4 is 0 Å². The molecule has 5 saturated carbocycles. The van der Waals surface area contributed by atoms with Crippen LogP contribution in [0.2, 0.25) is 0 Å². The summed E-state index contributed by atoms with van der Waals surface area (Å²) in [5.41, 5.74) is 0.249. The molecule has 2 saturated heterocycles. The molecular weight excluding hydrogens is 521 g/mol. The number of hydrogen-bond donors (Lipinski definition) is 2. The van der Waals surface area contributed by atoms with E-state index in [-0.39, 0.29) is 38.1 Å². The van der Waals surface area contributed by atoms with Gasteiger partial charge < -0.3 is 24.4 Å². The second-order valence-electron chi connectivity index (χ2n) is 16.8. The van der Waals surface area contributed by atoms with Gasteiger partial charge in [-0.05, 0) is 123 Å². The van der Waals surface area contributed by atoms with Crippen LogP contribution in [0.1, 0.15) is 100 Å². The van der Waals surface area contributed by atoms with Crippen molar-refractivity contribution in [1.82, 2.24) is 4.90 Å². The molecule has 0 aromatic heterocycles. The summed E-state index contributed by atoms with van der Waals surface area (Å²) in [4.78, 5) is 2.14. The van der Waals surface area contributed by atoms with Gasteiger partial charge in [0.1, 0.15) is 12.8 Å². The van der Waals surface area contributed by atoms with Gasteiger partial charge in [-0.15, -0.1) is 0 Å². The first-order valence-corrected chi connectivity index (χ1v) is 17.0. The SMILES string of the molecule is CC12CC[C@@]34C[C@@]35CC[C@H](OC3CN(CCF)CCO3)C(C)(C)C5CCC4C1CC1OC([C@H](O)C(C)(C)O)CCC12.[HH]. The number of nitrogens with zero attached hydrogens (tertiary/aromatic N) is 1. The van der Waals surface area contributed by atoms with Gasteiger partial charge in [0.15, 0.2) is 6.29 Å². The summed E-state index contributed by atoms with van der Waals surface area (Å²) < 4.78 is 32.4. The van der Waals surface area contributed by atoms with E-state index in [0.717, 1.165) is 38.1 Å². The molecule has 8 unspecified atom stereocenters.